The van der Waals surface area contributed by atoms with Gasteiger partial charge in [-0.3, -0.25) is 4.79 Å². The first-order chi connectivity index (χ1) is 11.9. The van der Waals surface area contributed by atoms with E-state index in [0.29, 0.717) is 6.04 Å². The van der Waals surface area contributed by atoms with Crippen LogP contribution in [0.25, 0.3) is 0 Å². The third-order valence-corrected chi connectivity index (χ3v) is 4.53. The van der Waals surface area contributed by atoms with Crippen molar-refractivity contribution in [1.29, 1.82) is 0 Å². The van der Waals surface area contributed by atoms with Gasteiger partial charge >= 0.3 is 0 Å². The van der Waals surface area contributed by atoms with Gasteiger partial charge in [-0.25, -0.2) is 0 Å². The monoisotopic (exact) mass is 382 g/mol. The molecule has 4 nitrogen and oxygen atoms in total. The molecule has 0 aliphatic heterocycles. The van der Waals surface area contributed by atoms with Crippen molar-refractivity contribution in [3.8, 4) is 5.75 Å². The number of para-hydroxylation sites is 1. The average molecular weight is 383 g/mol. The Kier molecular flexibility index (Phi) is 10.0. The van der Waals surface area contributed by atoms with Crippen LogP contribution in [0.15, 0.2) is 24.3 Å². The molecule has 2 N–H and O–H groups in total. The molecule has 0 saturated heterocycles. The summed E-state index contributed by atoms with van der Waals surface area (Å²) in [5.41, 5.74) is 0.882. The van der Waals surface area contributed by atoms with Gasteiger partial charge in [-0.15, -0.1) is 12.4 Å². The molecule has 0 radical (unpaired) electrons. The fourth-order valence-electron chi connectivity index (χ4n) is 3.30. The Morgan fingerprint density at radius 1 is 1.08 bits per heavy atom. The van der Waals surface area contributed by atoms with Crippen molar-refractivity contribution in [1.82, 2.24) is 10.6 Å². The smallest absolute Gasteiger partial charge is 0.258 e. The quantitative estimate of drug-likeness (QED) is 0.755. The summed E-state index contributed by atoms with van der Waals surface area (Å²) in [6, 6.07) is 8.59. The highest BCUT2D eigenvalue weighted by molar-refractivity contribution is 5.85. The second-order valence-electron chi connectivity index (χ2n) is 8.12. The van der Waals surface area contributed by atoms with Crippen LogP contribution in [0.2, 0.25) is 0 Å². The summed E-state index contributed by atoms with van der Waals surface area (Å²) >= 11 is 0. The van der Waals surface area contributed by atoms with Crippen LogP contribution < -0.4 is 15.4 Å². The number of halogens is 1. The molecular formula is C21H35ClN2O2. The normalized spacial score (nSPS) is 16.1. The highest BCUT2D eigenvalue weighted by atomic mass is 35.5. The van der Waals surface area contributed by atoms with E-state index in [1.54, 1.807) is 0 Å². The SMILES string of the molecule is CC(C)(C)NC(=O)COc1ccccc1CNC1CCCCCCC1.Cl. The summed E-state index contributed by atoms with van der Waals surface area (Å²) in [4.78, 5) is 12.0. The molecule has 1 amide bonds. The molecule has 1 aromatic rings. The Morgan fingerprint density at radius 2 is 1.69 bits per heavy atom. The first-order valence-electron chi connectivity index (χ1n) is 9.69. The van der Waals surface area contributed by atoms with Crippen molar-refractivity contribution in [3.05, 3.63) is 29.8 Å². The molecule has 0 unspecified atom stereocenters. The lowest BCUT2D eigenvalue weighted by Gasteiger charge is -2.22. The Labute approximate surface area is 164 Å². The molecular weight excluding hydrogens is 348 g/mol. The maximum atomic E-state index is 12.0. The van der Waals surface area contributed by atoms with Crippen LogP contribution >= 0.6 is 12.4 Å². The molecule has 1 saturated carbocycles. The van der Waals surface area contributed by atoms with Crippen LogP contribution in [0, 0.1) is 0 Å². The summed E-state index contributed by atoms with van der Waals surface area (Å²) in [6.07, 6.45) is 9.28. The topological polar surface area (TPSA) is 50.4 Å². The molecule has 0 bridgehead atoms. The number of hydrogen-bond donors (Lipinski definition) is 2. The third kappa shape index (κ3) is 8.91. The van der Waals surface area contributed by atoms with Gasteiger partial charge in [0, 0.05) is 23.7 Å². The summed E-state index contributed by atoms with van der Waals surface area (Å²) in [5, 5.41) is 6.62. The first kappa shape index (κ1) is 22.8. The summed E-state index contributed by atoms with van der Waals surface area (Å²) in [6.45, 7) is 6.76. The summed E-state index contributed by atoms with van der Waals surface area (Å²) < 4.78 is 5.78. The summed E-state index contributed by atoms with van der Waals surface area (Å²) in [7, 11) is 0. The van der Waals surface area contributed by atoms with E-state index in [-0.39, 0.29) is 30.5 Å². The standard InChI is InChI=1S/C21H34N2O2.ClH/c1-21(2,3)23-20(24)16-25-19-14-10-9-11-17(19)15-22-18-12-7-5-4-6-8-13-18;/h9-11,14,18,22H,4-8,12-13,15-16H2,1-3H3,(H,23,24);1H. The van der Waals surface area contributed by atoms with E-state index in [2.05, 4.69) is 16.7 Å². The van der Waals surface area contributed by atoms with E-state index in [1.807, 2.05) is 39.0 Å². The number of carbonyl (C=O) groups excluding carboxylic acids is 1. The zero-order valence-electron chi connectivity index (χ0n) is 16.5. The van der Waals surface area contributed by atoms with E-state index in [0.717, 1.165) is 17.9 Å². The minimum Gasteiger partial charge on any atom is -0.483 e. The van der Waals surface area contributed by atoms with Crippen molar-refractivity contribution in [2.75, 3.05) is 6.61 Å². The molecule has 1 aromatic carbocycles. The number of nitrogens with one attached hydrogen (secondary N) is 2. The lowest BCUT2D eigenvalue weighted by Crippen LogP contribution is -2.43. The Morgan fingerprint density at radius 3 is 2.35 bits per heavy atom. The van der Waals surface area contributed by atoms with Gasteiger partial charge in [0.05, 0.1) is 0 Å². The van der Waals surface area contributed by atoms with E-state index in [4.69, 9.17) is 4.74 Å². The Balaban J connectivity index is 0.00000338. The number of benzene rings is 1. The minimum atomic E-state index is -0.236. The van der Waals surface area contributed by atoms with Gasteiger partial charge in [-0.1, -0.05) is 50.3 Å². The second-order valence-corrected chi connectivity index (χ2v) is 8.12. The third-order valence-electron chi connectivity index (χ3n) is 4.53. The van der Waals surface area contributed by atoms with Gasteiger partial charge in [-0.2, -0.15) is 0 Å². The number of amides is 1. The molecule has 148 valence electrons. The van der Waals surface area contributed by atoms with Gasteiger partial charge in [0.2, 0.25) is 0 Å². The molecule has 26 heavy (non-hydrogen) atoms. The largest absolute Gasteiger partial charge is 0.483 e. The molecule has 0 spiro atoms. The van der Waals surface area contributed by atoms with Crippen LogP contribution in [0.3, 0.4) is 0 Å². The molecule has 2 rings (SSSR count). The van der Waals surface area contributed by atoms with Crippen LogP contribution in [0.1, 0.15) is 71.3 Å². The highest BCUT2D eigenvalue weighted by Crippen LogP contribution is 2.20. The van der Waals surface area contributed by atoms with Gasteiger partial charge < -0.3 is 15.4 Å². The molecule has 1 aliphatic rings. The summed E-state index contributed by atoms with van der Waals surface area (Å²) in [5.74, 6) is 0.709. The van der Waals surface area contributed by atoms with Crippen molar-refractivity contribution in [2.45, 2.75) is 83.8 Å². The number of carbonyl (C=O) groups is 1. The van der Waals surface area contributed by atoms with Gasteiger partial charge in [-0.05, 0) is 39.7 Å². The fourth-order valence-corrected chi connectivity index (χ4v) is 3.30. The van der Waals surface area contributed by atoms with Gasteiger partial charge in [0.25, 0.3) is 5.91 Å². The van der Waals surface area contributed by atoms with Crippen molar-refractivity contribution >= 4 is 18.3 Å². The first-order valence-corrected chi connectivity index (χ1v) is 9.69. The molecule has 0 aromatic heterocycles. The molecule has 0 atom stereocenters. The maximum Gasteiger partial charge on any atom is 0.258 e. The van der Waals surface area contributed by atoms with E-state index in [1.165, 1.54) is 44.9 Å². The van der Waals surface area contributed by atoms with Crippen LogP contribution in [-0.4, -0.2) is 24.1 Å². The van der Waals surface area contributed by atoms with E-state index < -0.39 is 0 Å². The van der Waals surface area contributed by atoms with Crippen molar-refractivity contribution < 1.29 is 9.53 Å². The van der Waals surface area contributed by atoms with Gasteiger partial charge in [0.1, 0.15) is 5.75 Å². The Hall–Kier alpha value is -1.26. The lowest BCUT2D eigenvalue weighted by molar-refractivity contribution is -0.124. The Bertz CT molecular complexity index is 535. The number of ether oxygens (including phenoxy) is 1. The lowest BCUT2D eigenvalue weighted by atomic mass is 9.96. The van der Waals surface area contributed by atoms with Crippen LogP contribution in [0.5, 0.6) is 5.75 Å². The minimum absolute atomic E-state index is 0. The highest BCUT2D eigenvalue weighted by Gasteiger charge is 2.15. The van der Waals surface area contributed by atoms with Crippen LogP contribution in [-0.2, 0) is 11.3 Å². The van der Waals surface area contributed by atoms with Crippen molar-refractivity contribution in [3.63, 3.8) is 0 Å². The number of hydrogen-bond acceptors (Lipinski definition) is 3. The van der Waals surface area contributed by atoms with Crippen molar-refractivity contribution in [2.24, 2.45) is 0 Å². The molecule has 1 fully saturated rings. The number of rotatable bonds is 6. The van der Waals surface area contributed by atoms with Gasteiger partial charge in [0.15, 0.2) is 6.61 Å². The average Bonchev–Trinajstić information content (AvgIpc) is 2.51. The van der Waals surface area contributed by atoms with E-state index >= 15 is 0 Å². The zero-order valence-corrected chi connectivity index (χ0v) is 17.3. The van der Waals surface area contributed by atoms with Crippen LogP contribution in [0.4, 0.5) is 0 Å². The molecule has 1 aliphatic carbocycles. The molecule has 5 heteroatoms. The van der Waals surface area contributed by atoms with E-state index in [9.17, 15) is 4.79 Å². The molecule has 0 heterocycles. The predicted octanol–water partition coefficient (Wildman–Crippen LogP) is 4.60. The zero-order chi connectivity index (χ0) is 18.1. The second kappa shape index (κ2) is 11.5. The predicted molar refractivity (Wildman–Crippen MR) is 110 cm³/mol. The fraction of sp³-hybridized carbons (Fsp3) is 0.667. The maximum absolute atomic E-state index is 12.0.